The van der Waals surface area contributed by atoms with Gasteiger partial charge in [0.15, 0.2) is 8.30 Å². The van der Waals surface area contributed by atoms with Crippen molar-refractivity contribution in [1.82, 2.24) is 5.09 Å². The molecule has 0 saturated heterocycles. The third kappa shape index (κ3) is 5.94. The van der Waals surface area contributed by atoms with Crippen LogP contribution in [0.5, 0.6) is 5.75 Å². The third-order valence-corrected chi connectivity index (χ3v) is 3.76. The van der Waals surface area contributed by atoms with Crippen LogP contribution in [0.15, 0.2) is 60.7 Å². The molecule has 2 aromatic rings. The zero-order valence-electron chi connectivity index (χ0n) is 11.9. The van der Waals surface area contributed by atoms with Crippen molar-refractivity contribution in [2.75, 3.05) is 13.2 Å². The van der Waals surface area contributed by atoms with E-state index in [4.69, 9.17) is 9.26 Å². The summed E-state index contributed by atoms with van der Waals surface area (Å²) in [6.45, 7) is 2.34. The van der Waals surface area contributed by atoms with Crippen molar-refractivity contribution >= 4 is 14.3 Å². The summed E-state index contributed by atoms with van der Waals surface area (Å²) in [6.07, 6.45) is 0. The van der Waals surface area contributed by atoms with Crippen LogP contribution < -0.4 is 9.61 Å². The van der Waals surface area contributed by atoms with E-state index in [0.717, 1.165) is 11.3 Å². The van der Waals surface area contributed by atoms with Gasteiger partial charge in [-0.1, -0.05) is 48.5 Å². The Kier molecular flexibility index (Phi) is 6.20. The molecule has 1 N–H and O–H groups in total. The second kappa shape index (κ2) is 8.40. The molecule has 0 heterocycles. The van der Waals surface area contributed by atoms with E-state index >= 15 is 0 Å². The predicted molar refractivity (Wildman–Crippen MR) is 84.2 cm³/mol. The van der Waals surface area contributed by atoms with Crippen molar-refractivity contribution in [1.29, 1.82) is 0 Å². The standard InChI is InChI=1S/C16H18NO3P/c1-21(20-15-10-6-3-7-11-15)17-12-16(18)19-13-14-8-4-2-5-9-14/h2-11,17H,12-13H2,1H3. The molecule has 1 unspecified atom stereocenters. The molecule has 0 aliphatic carbocycles. The number of carbonyl (C=O) groups excluding carboxylic acids is 1. The molecule has 0 saturated carbocycles. The fourth-order valence-electron chi connectivity index (χ4n) is 1.64. The second-order valence-corrected chi connectivity index (χ2v) is 5.88. The lowest BCUT2D eigenvalue weighted by Crippen LogP contribution is -2.21. The number of para-hydroxylation sites is 1. The Morgan fingerprint density at radius 3 is 2.33 bits per heavy atom. The van der Waals surface area contributed by atoms with Crippen molar-refractivity contribution in [3.63, 3.8) is 0 Å². The molecular formula is C16H18NO3P. The molecule has 0 bridgehead atoms. The van der Waals surface area contributed by atoms with Gasteiger partial charge in [0.2, 0.25) is 0 Å². The Labute approximate surface area is 126 Å². The maximum Gasteiger partial charge on any atom is 0.320 e. The van der Waals surface area contributed by atoms with Crippen LogP contribution in [0.4, 0.5) is 0 Å². The number of nitrogens with one attached hydrogen (secondary N) is 1. The van der Waals surface area contributed by atoms with E-state index in [2.05, 4.69) is 5.09 Å². The fourth-order valence-corrected chi connectivity index (χ4v) is 2.49. The van der Waals surface area contributed by atoms with Gasteiger partial charge in [0.05, 0.1) is 0 Å². The van der Waals surface area contributed by atoms with E-state index in [-0.39, 0.29) is 12.5 Å². The first-order valence-corrected chi connectivity index (χ1v) is 8.34. The summed E-state index contributed by atoms with van der Waals surface area (Å²) in [5.74, 6) is 0.501. The van der Waals surface area contributed by atoms with E-state index in [0.29, 0.717) is 6.61 Å². The van der Waals surface area contributed by atoms with Crippen LogP contribution in [0.2, 0.25) is 0 Å². The fraction of sp³-hybridized carbons (Fsp3) is 0.188. The first-order valence-electron chi connectivity index (χ1n) is 6.64. The molecule has 5 heteroatoms. The molecule has 0 fully saturated rings. The number of rotatable bonds is 7. The first-order chi connectivity index (χ1) is 10.2. The second-order valence-electron chi connectivity index (χ2n) is 4.38. The average molecular weight is 303 g/mol. The van der Waals surface area contributed by atoms with Crippen molar-refractivity contribution in [2.45, 2.75) is 6.61 Å². The molecule has 2 aromatic carbocycles. The summed E-state index contributed by atoms with van der Waals surface area (Å²) in [5, 5.41) is 3.04. The topological polar surface area (TPSA) is 47.6 Å². The SMILES string of the molecule is CP(NCC(=O)OCc1ccccc1)Oc1ccccc1. The molecule has 0 radical (unpaired) electrons. The largest absolute Gasteiger partial charge is 0.460 e. The Morgan fingerprint density at radius 1 is 1.05 bits per heavy atom. The lowest BCUT2D eigenvalue weighted by atomic mass is 10.2. The Bertz CT molecular complexity index is 548. The summed E-state index contributed by atoms with van der Waals surface area (Å²) in [4.78, 5) is 11.6. The van der Waals surface area contributed by atoms with E-state index < -0.39 is 8.30 Å². The summed E-state index contributed by atoms with van der Waals surface area (Å²) < 4.78 is 10.9. The van der Waals surface area contributed by atoms with Gasteiger partial charge in [0.1, 0.15) is 18.9 Å². The van der Waals surface area contributed by atoms with Gasteiger partial charge in [-0.15, -0.1) is 0 Å². The van der Waals surface area contributed by atoms with Gasteiger partial charge >= 0.3 is 5.97 Å². The summed E-state index contributed by atoms with van der Waals surface area (Å²) in [6, 6.07) is 19.1. The Morgan fingerprint density at radius 2 is 1.67 bits per heavy atom. The quantitative estimate of drug-likeness (QED) is 0.629. The maximum atomic E-state index is 11.6. The van der Waals surface area contributed by atoms with Crippen LogP contribution in [0.3, 0.4) is 0 Å². The van der Waals surface area contributed by atoms with E-state index in [1.165, 1.54) is 0 Å². The number of esters is 1. The molecule has 0 aliphatic rings. The Balaban J connectivity index is 1.66. The Hall–Kier alpha value is -1.90. The van der Waals surface area contributed by atoms with Crippen molar-refractivity contribution in [2.24, 2.45) is 0 Å². The molecule has 4 nitrogen and oxygen atoms in total. The summed E-state index contributed by atoms with van der Waals surface area (Å²) >= 11 is 0. The van der Waals surface area contributed by atoms with Gasteiger partial charge in [-0.3, -0.25) is 9.88 Å². The maximum absolute atomic E-state index is 11.6. The molecule has 0 aliphatic heterocycles. The van der Waals surface area contributed by atoms with Crippen LogP contribution in [0.1, 0.15) is 5.56 Å². The summed E-state index contributed by atoms with van der Waals surface area (Å²) in [7, 11) is -0.905. The zero-order chi connectivity index (χ0) is 14.9. The van der Waals surface area contributed by atoms with Crippen LogP contribution in [-0.2, 0) is 16.1 Å². The highest BCUT2D eigenvalue weighted by Gasteiger charge is 2.08. The minimum absolute atomic E-state index is 0.141. The van der Waals surface area contributed by atoms with E-state index in [1.807, 2.05) is 67.3 Å². The minimum atomic E-state index is -0.905. The normalized spacial score (nSPS) is 11.7. The van der Waals surface area contributed by atoms with E-state index in [1.54, 1.807) is 0 Å². The molecule has 1 atom stereocenters. The van der Waals surface area contributed by atoms with Crippen molar-refractivity contribution in [3.05, 3.63) is 66.2 Å². The number of hydrogen-bond acceptors (Lipinski definition) is 4. The van der Waals surface area contributed by atoms with Gasteiger partial charge in [-0.25, -0.2) is 0 Å². The molecule has 110 valence electrons. The minimum Gasteiger partial charge on any atom is -0.460 e. The number of hydrogen-bond donors (Lipinski definition) is 1. The highest BCUT2D eigenvalue weighted by Crippen LogP contribution is 2.29. The van der Waals surface area contributed by atoms with Crippen LogP contribution >= 0.6 is 8.30 Å². The number of carbonyl (C=O) groups is 1. The highest BCUT2D eigenvalue weighted by atomic mass is 31.2. The molecule has 2 rings (SSSR count). The number of benzene rings is 2. The number of ether oxygens (including phenoxy) is 1. The molecule has 0 aromatic heterocycles. The van der Waals surface area contributed by atoms with Crippen molar-refractivity contribution in [3.8, 4) is 5.75 Å². The van der Waals surface area contributed by atoms with Gasteiger partial charge in [-0.05, 0) is 17.7 Å². The van der Waals surface area contributed by atoms with Gasteiger partial charge in [0, 0.05) is 6.66 Å². The van der Waals surface area contributed by atoms with Crippen LogP contribution in [0, 0.1) is 0 Å². The van der Waals surface area contributed by atoms with Gasteiger partial charge < -0.3 is 9.26 Å². The van der Waals surface area contributed by atoms with Crippen LogP contribution in [-0.4, -0.2) is 19.2 Å². The average Bonchev–Trinajstić information content (AvgIpc) is 2.53. The molecule has 0 spiro atoms. The van der Waals surface area contributed by atoms with Crippen LogP contribution in [0.25, 0.3) is 0 Å². The lowest BCUT2D eigenvalue weighted by molar-refractivity contribution is -0.143. The lowest BCUT2D eigenvalue weighted by Gasteiger charge is -2.14. The third-order valence-electron chi connectivity index (χ3n) is 2.67. The van der Waals surface area contributed by atoms with E-state index in [9.17, 15) is 4.79 Å². The summed E-state index contributed by atoms with van der Waals surface area (Å²) in [5.41, 5.74) is 0.977. The van der Waals surface area contributed by atoms with Crippen molar-refractivity contribution < 1.29 is 14.1 Å². The van der Waals surface area contributed by atoms with Gasteiger partial charge in [-0.2, -0.15) is 0 Å². The molecule has 21 heavy (non-hydrogen) atoms. The van der Waals surface area contributed by atoms with Gasteiger partial charge in [0.25, 0.3) is 0 Å². The zero-order valence-corrected chi connectivity index (χ0v) is 12.8. The molecular weight excluding hydrogens is 285 g/mol. The first kappa shape index (κ1) is 15.5. The smallest absolute Gasteiger partial charge is 0.320 e. The monoisotopic (exact) mass is 303 g/mol. The molecule has 0 amide bonds. The highest BCUT2D eigenvalue weighted by molar-refractivity contribution is 7.49. The predicted octanol–water partition coefficient (Wildman–Crippen LogP) is 3.34.